The van der Waals surface area contributed by atoms with E-state index in [0.717, 1.165) is 17.5 Å². The molecule has 1 aromatic heterocycles. The molecule has 0 aliphatic heterocycles. The fraction of sp³-hybridized carbons (Fsp3) is 0.375. The number of aromatic nitrogens is 2. The number of hydrogen-bond donors (Lipinski definition) is 1. The fourth-order valence-electron chi connectivity index (χ4n) is 2.22. The first-order valence-corrected chi connectivity index (χ1v) is 7.50. The maximum atomic E-state index is 12.1. The number of carbonyl (C=O) groups excluding carboxylic acids is 1. The zero-order valence-corrected chi connectivity index (χ0v) is 13.1. The molecule has 0 spiro atoms. The number of aryl methyl sites for hydroxylation is 2. The third-order valence-electron chi connectivity index (χ3n) is 3.32. The van der Waals surface area contributed by atoms with E-state index in [0.29, 0.717) is 18.0 Å². The van der Waals surface area contributed by atoms with Crippen LogP contribution in [0.5, 0.6) is 0 Å². The molecule has 0 fully saturated rings. The van der Waals surface area contributed by atoms with Crippen molar-refractivity contribution >= 4 is 17.5 Å². The summed E-state index contributed by atoms with van der Waals surface area (Å²) >= 11 is 6.00. The second-order valence-electron chi connectivity index (χ2n) is 5.11. The number of halogens is 1. The highest BCUT2D eigenvalue weighted by Crippen LogP contribution is 2.20. The van der Waals surface area contributed by atoms with E-state index in [1.165, 1.54) is 0 Å². The van der Waals surface area contributed by atoms with Gasteiger partial charge < -0.3 is 5.32 Å². The van der Waals surface area contributed by atoms with Gasteiger partial charge in [0, 0.05) is 24.2 Å². The highest BCUT2D eigenvalue weighted by Gasteiger charge is 2.13. The SMILES string of the molecule is CCC(NC(=O)CCn1cc(C)cn1)c1cccc(Cl)c1. The van der Waals surface area contributed by atoms with Crippen LogP contribution in [0.15, 0.2) is 36.7 Å². The third-order valence-corrected chi connectivity index (χ3v) is 3.56. The summed E-state index contributed by atoms with van der Waals surface area (Å²) < 4.78 is 1.79. The van der Waals surface area contributed by atoms with Crippen molar-refractivity contribution in [3.05, 3.63) is 52.8 Å². The lowest BCUT2D eigenvalue weighted by atomic mass is 10.0. The third kappa shape index (κ3) is 4.60. The molecule has 1 N–H and O–H groups in total. The molecular weight excluding hydrogens is 286 g/mol. The number of benzene rings is 1. The summed E-state index contributed by atoms with van der Waals surface area (Å²) in [6.07, 6.45) is 4.96. The van der Waals surface area contributed by atoms with Gasteiger partial charge in [-0.25, -0.2) is 0 Å². The molecule has 0 radical (unpaired) electrons. The average Bonchev–Trinajstić information content (AvgIpc) is 2.88. The van der Waals surface area contributed by atoms with E-state index >= 15 is 0 Å². The molecule has 0 saturated heterocycles. The quantitative estimate of drug-likeness (QED) is 0.888. The van der Waals surface area contributed by atoms with E-state index in [1.54, 1.807) is 10.9 Å². The molecule has 1 heterocycles. The maximum absolute atomic E-state index is 12.1. The second kappa shape index (κ2) is 7.27. The predicted molar refractivity (Wildman–Crippen MR) is 84.2 cm³/mol. The molecule has 4 nitrogen and oxygen atoms in total. The van der Waals surface area contributed by atoms with Crippen molar-refractivity contribution in [2.45, 2.75) is 39.3 Å². The van der Waals surface area contributed by atoms with Gasteiger partial charge >= 0.3 is 0 Å². The minimum atomic E-state index is -0.00411. The molecular formula is C16H20ClN3O. The largest absolute Gasteiger partial charge is 0.349 e. The fourth-order valence-corrected chi connectivity index (χ4v) is 2.41. The van der Waals surface area contributed by atoms with Crippen LogP contribution in [0.25, 0.3) is 0 Å². The Bertz CT molecular complexity index is 609. The van der Waals surface area contributed by atoms with Crippen LogP contribution >= 0.6 is 11.6 Å². The summed E-state index contributed by atoms with van der Waals surface area (Å²) in [7, 11) is 0. The summed E-state index contributed by atoms with van der Waals surface area (Å²) in [6.45, 7) is 4.62. The maximum Gasteiger partial charge on any atom is 0.222 e. The number of nitrogens with zero attached hydrogens (tertiary/aromatic N) is 2. The van der Waals surface area contributed by atoms with Gasteiger partial charge in [0.05, 0.1) is 12.2 Å². The Kier molecular flexibility index (Phi) is 5.39. The predicted octanol–water partition coefficient (Wildman–Crippen LogP) is 3.50. The van der Waals surface area contributed by atoms with Gasteiger partial charge in [0.1, 0.15) is 0 Å². The minimum Gasteiger partial charge on any atom is -0.349 e. The summed E-state index contributed by atoms with van der Waals surface area (Å²) in [6, 6.07) is 7.61. The van der Waals surface area contributed by atoms with Gasteiger partial charge in [-0.3, -0.25) is 9.48 Å². The Morgan fingerprint density at radius 1 is 1.48 bits per heavy atom. The lowest BCUT2D eigenvalue weighted by Crippen LogP contribution is -2.28. The zero-order chi connectivity index (χ0) is 15.2. The van der Waals surface area contributed by atoms with Crippen molar-refractivity contribution in [3.8, 4) is 0 Å². The first-order valence-electron chi connectivity index (χ1n) is 7.12. The van der Waals surface area contributed by atoms with Crippen LogP contribution in [0.4, 0.5) is 0 Å². The molecule has 0 bridgehead atoms. The normalized spacial score (nSPS) is 12.1. The van der Waals surface area contributed by atoms with Gasteiger partial charge in [-0.05, 0) is 36.6 Å². The number of rotatable bonds is 6. The van der Waals surface area contributed by atoms with Crippen molar-refractivity contribution in [1.82, 2.24) is 15.1 Å². The number of carbonyl (C=O) groups is 1. The summed E-state index contributed by atoms with van der Waals surface area (Å²) in [5.74, 6) is 0.0231. The van der Waals surface area contributed by atoms with Gasteiger partial charge in [-0.2, -0.15) is 5.10 Å². The standard InChI is InChI=1S/C16H20ClN3O/c1-3-15(13-5-4-6-14(17)9-13)19-16(21)7-8-20-11-12(2)10-18-20/h4-6,9-11,15H,3,7-8H2,1-2H3,(H,19,21). The topological polar surface area (TPSA) is 46.9 Å². The van der Waals surface area contributed by atoms with Crippen molar-refractivity contribution in [3.63, 3.8) is 0 Å². The van der Waals surface area contributed by atoms with Gasteiger partial charge in [0.2, 0.25) is 5.91 Å². The van der Waals surface area contributed by atoms with Crippen LogP contribution in [-0.2, 0) is 11.3 Å². The summed E-state index contributed by atoms with van der Waals surface area (Å²) in [5, 5.41) is 7.91. The summed E-state index contributed by atoms with van der Waals surface area (Å²) in [4.78, 5) is 12.1. The molecule has 21 heavy (non-hydrogen) atoms. The molecule has 5 heteroatoms. The van der Waals surface area contributed by atoms with Gasteiger partial charge in [-0.15, -0.1) is 0 Å². The second-order valence-corrected chi connectivity index (χ2v) is 5.55. The van der Waals surface area contributed by atoms with Gasteiger partial charge in [0.15, 0.2) is 0 Å². The van der Waals surface area contributed by atoms with Gasteiger partial charge in [0.25, 0.3) is 0 Å². The minimum absolute atomic E-state index is 0.00411. The molecule has 1 atom stereocenters. The Hall–Kier alpha value is -1.81. The Balaban J connectivity index is 1.90. The van der Waals surface area contributed by atoms with Crippen molar-refractivity contribution in [2.75, 3.05) is 0 Å². The molecule has 1 amide bonds. The van der Waals surface area contributed by atoms with E-state index in [-0.39, 0.29) is 11.9 Å². The van der Waals surface area contributed by atoms with E-state index in [9.17, 15) is 4.79 Å². The highest BCUT2D eigenvalue weighted by molar-refractivity contribution is 6.30. The monoisotopic (exact) mass is 305 g/mol. The number of amides is 1. The lowest BCUT2D eigenvalue weighted by molar-refractivity contribution is -0.122. The van der Waals surface area contributed by atoms with Crippen molar-refractivity contribution < 1.29 is 4.79 Å². The molecule has 112 valence electrons. The lowest BCUT2D eigenvalue weighted by Gasteiger charge is -2.17. The molecule has 1 unspecified atom stereocenters. The molecule has 0 aliphatic carbocycles. The Labute approximate surface area is 130 Å². The molecule has 0 saturated carbocycles. The zero-order valence-electron chi connectivity index (χ0n) is 12.3. The first kappa shape index (κ1) is 15.6. The average molecular weight is 306 g/mol. The molecule has 2 aromatic rings. The number of hydrogen-bond acceptors (Lipinski definition) is 2. The summed E-state index contributed by atoms with van der Waals surface area (Å²) in [5.41, 5.74) is 2.13. The van der Waals surface area contributed by atoms with Gasteiger partial charge in [-0.1, -0.05) is 30.7 Å². The molecule has 2 rings (SSSR count). The van der Waals surface area contributed by atoms with Crippen LogP contribution in [0.3, 0.4) is 0 Å². The Morgan fingerprint density at radius 3 is 2.90 bits per heavy atom. The van der Waals surface area contributed by atoms with Crippen LogP contribution in [-0.4, -0.2) is 15.7 Å². The molecule has 1 aromatic carbocycles. The Morgan fingerprint density at radius 2 is 2.29 bits per heavy atom. The van der Waals surface area contributed by atoms with Crippen LogP contribution in [0, 0.1) is 6.92 Å². The van der Waals surface area contributed by atoms with Crippen molar-refractivity contribution in [2.24, 2.45) is 0 Å². The molecule has 0 aliphatic rings. The van der Waals surface area contributed by atoms with E-state index in [4.69, 9.17) is 11.6 Å². The van der Waals surface area contributed by atoms with Crippen LogP contribution in [0.1, 0.15) is 36.9 Å². The van der Waals surface area contributed by atoms with E-state index in [1.807, 2.05) is 44.3 Å². The van der Waals surface area contributed by atoms with Crippen LogP contribution in [0.2, 0.25) is 5.02 Å². The smallest absolute Gasteiger partial charge is 0.222 e. The first-order chi connectivity index (χ1) is 10.1. The van der Waals surface area contributed by atoms with E-state index < -0.39 is 0 Å². The highest BCUT2D eigenvalue weighted by atomic mass is 35.5. The number of nitrogens with one attached hydrogen (secondary N) is 1. The van der Waals surface area contributed by atoms with Crippen LogP contribution < -0.4 is 5.32 Å². The van der Waals surface area contributed by atoms with Crippen molar-refractivity contribution in [1.29, 1.82) is 0 Å². The van der Waals surface area contributed by atoms with E-state index in [2.05, 4.69) is 10.4 Å².